The number of thiophene rings is 2. The van der Waals surface area contributed by atoms with Gasteiger partial charge in [0.2, 0.25) is 0 Å². The minimum atomic E-state index is -1.06. The maximum Gasteiger partial charge on any atom is 0.156 e. The molecule has 25 heavy (non-hydrogen) atoms. The van der Waals surface area contributed by atoms with Crippen LogP contribution in [0.5, 0.6) is 0 Å². The van der Waals surface area contributed by atoms with Gasteiger partial charge in [0.25, 0.3) is 0 Å². The van der Waals surface area contributed by atoms with Crippen LogP contribution in [0.25, 0.3) is 11.3 Å². The van der Waals surface area contributed by atoms with E-state index in [1.54, 1.807) is 11.3 Å². The zero-order valence-electron chi connectivity index (χ0n) is 13.6. The third-order valence-electron chi connectivity index (χ3n) is 4.01. The summed E-state index contributed by atoms with van der Waals surface area (Å²) in [5.41, 5.74) is 0. The summed E-state index contributed by atoms with van der Waals surface area (Å²) >= 11 is 3.63. The minimum absolute atomic E-state index is 1.06. The molecule has 2 aromatic carbocycles. The van der Waals surface area contributed by atoms with E-state index >= 15 is 0 Å². The van der Waals surface area contributed by atoms with Crippen LogP contribution in [0.4, 0.5) is 0 Å². The predicted octanol–water partition coefficient (Wildman–Crippen LogP) is 5.20. The van der Waals surface area contributed by atoms with E-state index in [4.69, 9.17) is 0 Å². The van der Waals surface area contributed by atoms with Crippen molar-refractivity contribution < 1.29 is 0 Å². The predicted molar refractivity (Wildman–Crippen MR) is 114 cm³/mol. The van der Waals surface area contributed by atoms with E-state index in [9.17, 15) is 0 Å². The molecule has 0 aliphatic heterocycles. The first kappa shape index (κ1) is 16.3. The molecule has 0 amide bonds. The largest absolute Gasteiger partial charge is 0.156 e. The van der Waals surface area contributed by atoms with Gasteiger partial charge < -0.3 is 0 Å². The number of hydrogen-bond acceptors (Lipinski definition) is 2. The molecular weight excluding hydrogens is 356 g/mol. The van der Waals surface area contributed by atoms with Crippen molar-refractivity contribution in [2.45, 2.75) is 0 Å². The highest BCUT2D eigenvalue weighted by Crippen LogP contribution is 2.27. The van der Waals surface area contributed by atoms with Gasteiger partial charge in [-0.15, -0.1) is 22.7 Å². The molecule has 4 rings (SSSR count). The quantitative estimate of drug-likeness (QED) is 0.422. The lowest BCUT2D eigenvalue weighted by molar-refractivity contribution is 1.73. The second-order valence-electron chi connectivity index (χ2n) is 5.66. The van der Waals surface area contributed by atoms with E-state index < -0.39 is 8.80 Å². The molecule has 0 nitrogen and oxygen atoms in total. The number of hydrogen-bond donors (Lipinski definition) is 0. The fourth-order valence-corrected chi connectivity index (χ4v) is 7.43. The van der Waals surface area contributed by atoms with Crippen LogP contribution in [-0.4, -0.2) is 8.80 Å². The first-order valence-corrected chi connectivity index (χ1v) is 11.4. The molecule has 0 spiro atoms. The third kappa shape index (κ3) is 3.74. The lowest BCUT2D eigenvalue weighted by Gasteiger charge is -2.19. The molecule has 0 unspecified atom stereocenters. The summed E-state index contributed by atoms with van der Waals surface area (Å²) in [5.74, 6) is 0. The zero-order chi connectivity index (χ0) is 16.9. The second-order valence-corrected chi connectivity index (χ2v) is 10.0. The van der Waals surface area contributed by atoms with Crippen molar-refractivity contribution in [1.82, 2.24) is 0 Å². The summed E-state index contributed by atoms with van der Waals surface area (Å²) in [6.07, 6.45) is 2.39. The van der Waals surface area contributed by atoms with Crippen molar-refractivity contribution >= 4 is 53.1 Å². The summed E-state index contributed by atoms with van der Waals surface area (Å²) in [5, 5.41) is 8.63. The summed E-state index contributed by atoms with van der Waals surface area (Å²) in [6.45, 7) is 0. The fraction of sp³-hybridized carbons (Fsp3) is 0. The molecule has 0 aliphatic rings. The van der Waals surface area contributed by atoms with Crippen molar-refractivity contribution in [2.75, 3.05) is 0 Å². The highest BCUT2D eigenvalue weighted by atomic mass is 32.1. The second kappa shape index (κ2) is 7.79. The lowest BCUT2D eigenvalue weighted by atomic mass is 10.3. The van der Waals surface area contributed by atoms with Crippen molar-refractivity contribution in [3.63, 3.8) is 0 Å². The molecular formula is C22H17S2Si. The molecule has 4 aromatic rings. The molecule has 1 radical (unpaired) electrons. The monoisotopic (exact) mass is 373 g/mol. The highest BCUT2D eigenvalue weighted by Gasteiger charge is 2.23. The van der Waals surface area contributed by atoms with Gasteiger partial charge in [0, 0.05) is 9.75 Å². The van der Waals surface area contributed by atoms with Gasteiger partial charge in [0.15, 0.2) is 8.80 Å². The van der Waals surface area contributed by atoms with Gasteiger partial charge in [0.05, 0.1) is 0 Å². The van der Waals surface area contributed by atoms with Gasteiger partial charge in [0.1, 0.15) is 0 Å². The Balaban J connectivity index is 1.91. The first-order valence-electron chi connectivity index (χ1n) is 8.19. The van der Waals surface area contributed by atoms with Crippen molar-refractivity contribution in [2.24, 2.45) is 0 Å². The van der Waals surface area contributed by atoms with E-state index in [0.717, 1.165) is 0 Å². The molecule has 0 saturated heterocycles. The molecule has 0 atom stereocenters. The molecule has 0 fully saturated rings. The Bertz CT molecular complexity index is 885. The Labute approximate surface area is 158 Å². The Morgan fingerprint density at radius 3 is 1.76 bits per heavy atom. The van der Waals surface area contributed by atoms with Gasteiger partial charge in [-0.05, 0) is 34.2 Å². The van der Waals surface area contributed by atoms with Crippen LogP contribution < -0.4 is 10.4 Å². The minimum Gasteiger partial charge on any atom is -0.145 e. The molecule has 0 aliphatic carbocycles. The fourth-order valence-electron chi connectivity index (χ4n) is 2.90. The molecule has 121 valence electrons. The topological polar surface area (TPSA) is 0 Å². The standard InChI is InChI=1S/C22H17S2Si/c1-3-10-19(11-4-1)25(20-12-5-2-6-13-20)22(21-14-8-16-24-21)17-18-9-7-15-23-18/h1-17H/b22-17+. The normalized spacial score (nSPS) is 11.8. The molecule has 0 saturated carbocycles. The third-order valence-corrected chi connectivity index (χ3v) is 8.69. The highest BCUT2D eigenvalue weighted by molar-refractivity contribution is 7.15. The SMILES string of the molecule is C(=C(/c1cccs1)[Si](c1ccccc1)c1ccccc1)/c1cccs1. The van der Waals surface area contributed by atoms with E-state index in [0.29, 0.717) is 0 Å². The summed E-state index contributed by atoms with van der Waals surface area (Å²) in [6, 6.07) is 30.6. The lowest BCUT2D eigenvalue weighted by Crippen LogP contribution is -2.43. The molecule has 0 N–H and O–H groups in total. The van der Waals surface area contributed by atoms with Gasteiger partial charge >= 0.3 is 0 Å². The summed E-state index contributed by atoms with van der Waals surface area (Å²) in [4.78, 5) is 2.69. The zero-order valence-corrected chi connectivity index (χ0v) is 16.3. The van der Waals surface area contributed by atoms with Gasteiger partial charge in [-0.2, -0.15) is 0 Å². The Morgan fingerprint density at radius 1 is 0.640 bits per heavy atom. The summed E-state index contributed by atoms with van der Waals surface area (Å²) in [7, 11) is -1.06. The van der Waals surface area contributed by atoms with Gasteiger partial charge in [-0.1, -0.05) is 83.2 Å². The maximum atomic E-state index is 2.39. The Morgan fingerprint density at radius 2 is 1.24 bits per heavy atom. The van der Waals surface area contributed by atoms with Crippen molar-refractivity contribution in [3.8, 4) is 0 Å². The number of rotatable bonds is 5. The van der Waals surface area contributed by atoms with E-state index in [-0.39, 0.29) is 0 Å². The molecule has 2 heterocycles. The van der Waals surface area contributed by atoms with Crippen LogP contribution in [0.3, 0.4) is 0 Å². The van der Waals surface area contributed by atoms with Crippen LogP contribution in [0.15, 0.2) is 95.7 Å². The van der Waals surface area contributed by atoms with Crippen LogP contribution in [-0.2, 0) is 0 Å². The van der Waals surface area contributed by atoms with Gasteiger partial charge in [-0.3, -0.25) is 0 Å². The van der Waals surface area contributed by atoms with Crippen molar-refractivity contribution in [1.29, 1.82) is 0 Å². The van der Waals surface area contributed by atoms with E-state index in [1.165, 1.54) is 25.3 Å². The van der Waals surface area contributed by atoms with Gasteiger partial charge in [-0.25, -0.2) is 0 Å². The van der Waals surface area contributed by atoms with Crippen molar-refractivity contribution in [3.05, 3.63) is 105 Å². The van der Waals surface area contributed by atoms with Crippen LogP contribution in [0, 0.1) is 0 Å². The van der Waals surface area contributed by atoms with Crippen LogP contribution >= 0.6 is 22.7 Å². The van der Waals surface area contributed by atoms with Crippen LogP contribution in [0.1, 0.15) is 9.75 Å². The van der Waals surface area contributed by atoms with E-state index in [1.807, 2.05) is 11.3 Å². The first-order chi connectivity index (χ1) is 12.4. The molecule has 2 aromatic heterocycles. The summed E-state index contributed by atoms with van der Waals surface area (Å²) < 4.78 is 0. The van der Waals surface area contributed by atoms with Crippen LogP contribution in [0.2, 0.25) is 0 Å². The smallest absolute Gasteiger partial charge is 0.145 e. The average molecular weight is 374 g/mol. The maximum absolute atomic E-state index is 2.39. The molecule has 0 bridgehead atoms. The average Bonchev–Trinajstić information content (AvgIpc) is 3.37. The Hall–Kier alpha value is -2.20. The van der Waals surface area contributed by atoms with E-state index in [2.05, 4.69) is 102 Å². The Kier molecular flexibility index (Phi) is 5.07. The molecule has 3 heteroatoms. The number of benzene rings is 2.